The predicted molar refractivity (Wildman–Crippen MR) is 109 cm³/mol. The van der Waals surface area contributed by atoms with Crippen LogP contribution in [0.2, 0.25) is 5.02 Å². The third-order valence-corrected chi connectivity index (χ3v) is 6.38. The zero-order valence-corrected chi connectivity index (χ0v) is 17.6. The second-order valence-electron chi connectivity index (χ2n) is 5.97. The number of alkyl halides is 2. The number of carbonyl (C=O) groups excluding carboxylic acids is 1. The SMILES string of the molecule is CCOc1cc(NC(=O)Nc2ccc(Cl)c(S(=O)(=O)C(F)(F)CC)c2)ccc1C#N. The Kier molecular flexibility index (Phi) is 7.23. The van der Waals surface area contributed by atoms with Gasteiger partial charge in [-0.25, -0.2) is 13.2 Å². The largest absolute Gasteiger partial charge is 0.492 e. The standard InChI is InChI=1S/C19H18ClF2N3O4S/c1-3-19(21,22)30(27,28)17-10-14(7-8-15(17)20)25-18(26)24-13-6-5-12(11-23)16(9-13)29-4-2/h5-10H,3-4H2,1-2H3,(H2,24,25,26). The minimum atomic E-state index is -5.04. The molecule has 0 atom stereocenters. The van der Waals surface area contributed by atoms with Gasteiger partial charge in [0.15, 0.2) is 0 Å². The summed E-state index contributed by atoms with van der Waals surface area (Å²) >= 11 is 5.80. The van der Waals surface area contributed by atoms with Crippen LogP contribution in [0.3, 0.4) is 0 Å². The van der Waals surface area contributed by atoms with Crippen molar-refractivity contribution in [2.75, 3.05) is 17.2 Å². The molecule has 0 aromatic heterocycles. The van der Waals surface area contributed by atoms with Crippen LogP contribution in [0.1, 0.15) is 25.8 Å². The lowest BCUT2D eigenvalue weighted by atomic mass is 10.2. The van der Waals surface area contributed by atoms with E-state index in [1.165, 1.54) is 24.3 Å². The van der Waals surface area contributed by atoms with Gasteiger partial charge in [-0.15, -0.1) is 0 Å². The van der Waals surface area contributed by atoms with Gasteiger partial charge in [0.25, 0.3) is 0 Å². The van der Waals surface area contributed by atoms with Crippen molar-refractivity contribution in [2.24, 2.45) is 0 Å². The molecule has 2 rings (SSSR count). The van der Waals surface area contributed by atoms with Crippen molar-refractivity contribution in [2.45, 2.75) is 30.4 Å². The highest BCUT2D eigenvalue weighted by Gasteiger charge is 2.45. The number of ether oxygens (including phenoxy) is 1. The van der Waals surface area contributed by atoms with Gasteiger partial charge in [0.2, 0.25) is 9.84 Å². The number of hydrogen-bond acceptors (Lipinski definition) is 5. The molecule has 7 nitrogen and oxygen atoms in total. The van der Waals surface area contributed by atoms with Crippen molar-refractivity contribution in [3.63, 3.8) is 0 Å². The number of halogens is 3. The Labute approximate surface area is 177 Å². The highest BCUT2D eigenvalue weighted by atomic mass is 35.5. The molecular weight excluding hydrogens is 440 g/mol. The van der Waals surface area contributed by atoms with Gasteiger partial charge in [0.1, 0.15) is 11.8 Å². The van der Waals surface area contributed by atoms with Crippen molar-refractivity contribution in [1.82, 2.24) is 0 Å². The maximum atomic E-state index is 13.9. The second kappa shape index (κ2) is 9.28. The molecule has 30 heavy (non-hydrogen) atoms. The lowest BCUT2D eigenvalue weighted by Crippen LogP contribution is -2.28. The number of carbonyl (C=O) groups is 1. The van der Waals surface area contributed by atoms with Gasteiger partial charge in [-0.1, -0.05) is 18.5 Å². The summed E-state index contributed by atoms with van der Waals surface area (Å²) in [6.07, 6.45) is -0.926. The van der Waals surface area contributed by atoms with E-state index in [0.29, 0.717) is 12.3 Å². The van der Waals surface area contributed by atoms with Gasteiger partial charge in [0.05, 0.1) is 22.1 Å². The van der Waals surface area contributed by atoms with Crippen LogP contribution in [0.4, 0.5) is 25.0 Å². The number of benzene rings is 2. The van der Waals surface area contributed by atoms with Gasteiger partial charge in [0, 0.05) is 23.9 Å². The van der Waals surface area contributed by atoms with Crippen molar-refractivity contribution < 1.29 is 26.7 Å². The summed E-state index contributed by atoms with van der Waals surface area (Å²) in [6.45, 7) is 3.09. The van der Waals surface area contributed by atoms with Crippen molar-refractivity contribution in [1.29, 1.82) is 5.26 Å². The first-order valence-electron chi connectivity index (χ1n) is 8.72. The zero-order valence-electron chi connectivity index (χ0n) is 16.0. The van der Waals surface area contributed by atoms with Gasteiger partial charge in [-0.3, -0.25) is 0 Å². The van der Waals surface area contributed by atoms with Crippen LogP contribution in [-0.4, -0.2) is 26.3 Å². The highest BCUT2D eigenvalue weighted by molar-refractivity contribution is 7.92. The number of amides is 2. The molecule has 0 radical (unpaired) electrons. The van der Waals surface area contributed by atoms with Crippen LogP contribution < -0.4 is 15.4 Å². The summed E-state index contributed by atoms with van der Waals surface area (Å²) in [6, 6.07) is 8.81. The van der Waals surface area contributed by atoms with Crippen LogP contribution in [-0.2, 0) is 9.84 Å². The third kappa shape index (κ3) is 4.98. The molecule has 0 unspecified atom stereocenters. The molecule has 0 fully saturated rings. The van der Waals surface area contributed by atoms with E-state index in [2.05, 4.69) is 10.6 Å². The topological polar surface area (TPSA) is 108 Å². The number of anilines is 2. The Morgan fingerprint density at radius 2 is 1.77 bits per heavy atom. The fourth-order valence-electron chi connectivity index (χ4n) is 2.40. The Morgan fingerprint density at radius 1 is 1.17 bits per heavy atom. The molecule has 2 N–H and O–H groups in total. The van der Waals surface area contributed by atoms with Crippen LogP contribution in [0.15, 0.2) is 41.3 Å². The first-order chi connectivity index (χ1) is 14.1. The first-order valence-corrected chi connectivity index (χ1v) is 10.6. The van der Waals surface area contributed by atoms with Crippen molar-refractivity contribution in [3.8, 4) is 11.8 Å². The van der Waals surface area contributed by atoms with Crippen LogP contribution >= 0.6 is 11.6 Å². The molecule has 2 aromatic rings. The smallest absolute Gasteiger partial charge is 0.349 e. The molecule has 2 amide bonds. The van der Waals surface area contributed by atoms with E-state index in [9.17, 15) is 22.0 Å². The molecule has 0 heterocycles. The molecule has 2 aromatic carbocycles. The lowest BCUT2D eigenvalue weighted by molar-refractivity contribution is 0.0878. The Balaban J connectivity index is 2.25. The van der Waals surface area contributed by atoms with Gasteiger partial charge in [-0.05, 0) is 37.3 Å². The quantitative estimate of drug-likeness (QED) is 0.606. The maximum Gasteiger partial charge on any atom is 0.349 e. The van der Waals surface area contributed by atoms with E-state index in [4.69, 9.17) is 21.6 Å². The van der Waals surface area contributed by atoms with Crippen LogP contribution in [0.25, 0.3) is 0 Å². The number of rotatable bonds is 7. The molecule has 0 aliphatic heterocycles. The number of nitriles is 1. The van der Waals surface area contributed by atoms with E-state index in [1.54, 1.807) is 6.92 Å². The average molecular weight is 458 g/mol. The zero-order chi connectivity index (χ0) is 22.5. The lowest BCUT2D eigenvalue weighted by Gasteiger charge is -2.17. The summed E-state index contributed by atoms with van der Waals surface area (Å²) in [5, 5.41) is 9.51. The van der Waals surface area contributed by atoms with Crippen LogP contribution in [0.5, 0.6) is 5.75 Å². The molecular formula is C19H18ClF2N3O4S. The molecule has 0 aliphatic rings. The normalized spacial score (nSPS) is 11.5. The number of hydrogen-bond donors (Lipinski definition) is 2. The van der Waals surface area contributed by atoms with E-state index in [0.717, 1.165) is 19.1 Å². The molecule has 0 aliphatic carbocycles. The average Bonchev–Trinajstić information content (AvgIpc) is 2.69. The molecule has 0 saturated carbocycles. The van der Waals surface area contributed by atoms with E-state index >= 15 is 0 Å². The second-order valence-corrected chi connectivity index (χ2v) is 8.43. The Morgan fingerprint density at radius 3 is 2.33 bits per heavy atom. The Hall–Kier alpha value is -2.90. The predicted octanol–water partition coefficient (Wildman–Crippen LogP) is 5.03. The summed E-state index contributed by atoms with van der Waals surface area (Å²) in [5.74, 6) is 0.277. The minimum absolute atomic E-state index is 0.0546. The highest BCUT2D eigenvalue weighted by Crippen LogP contribution is 2.36. The molecule has 0 spiro atoms. The van der Waals surface area contributed by atoms with Crippen molar-refractivity contribution in [3.05, 3.63) is 47.0 Å². The van der Waals surface area contributed by atoms with Crippen LogP contribution in [0, 0.1) is 11.3 Å². The molecule has 0 saturated heterocycles. The number of nitrogens with one attached hydrogen (secondary N) is 2. The van der Waals surface area contributed by atoms with Gasteiger partial charge < -0.3 is 15.4 Å². The summed E-state index contributed by atoms with van der Waals surface area (Å²) in [7, 11) is -5.04. The molecule has 11 heteroatoms. The molecule has 0 bridgehead atoms. The van der Waals surface area contributed by atoms with E-state index < -0.39 is 32.4 Å². The third-order valence-electron chi connectivity index (χ3n) is 3.94. The Bertz CT molecular complexity index is 1100. The fraction of sp³-hybridized carbons (Fsp3) is 0.263. The number of nitrogens with zero attached hydrogens (tertiary/aromatic N) is 1. The fourth-order valence-corrected chi connectivity index (χ4v) is 4.13. The number of urea groups is 1. The summed E-state index contributed by atoms with van der Waals surface area (Å²) in [5.41, 5.74) is 0.530. The van der Waals surface area contributed by atoms with E-state index in [1.807, 2.05) is 6.07 Å². The monoisotopic (exact) mass is 457 g/mol. The number of sulfone groups is 1. The van der Waals surface area contributed by atoms with Crippen molar-refractivity contribution >= 4 is 38.8 Å². The van der Waals surface area contributed by atoms with E-state index in [-0.39, 0.29) is 22.0 Å². The van der Waals surface area contributed by atoms with Gasteiger partial charge >= 0.3 is 11.3 Å². The maximum absolute atomic E-state index is 13.9. The summed E-state index contributed by atoms with van der Waals surface area (Å²) in [4.78, 5) is 11.5. The minimum Gasteiger partial charge on any atom is -0.492 e. The van der Waals surface area contributed by atoms with Gasteiger partial charge in [-0.2, -0.15) is 14.0 Å². The summed E-state index contributed by atoms with van der Waals surface area (Å²) < 4.78 is 57.4. The first kappa shape index (κ1) is 23.4. The molecule has 160 valence electrons.